The van der Waals surface area contributed by atoms with Crippen molar-refractivity contribution in [3.8, 4) is 0 Å². The molecule has 2 aromatic rings. The fourth-order valence-electron chi connectivity index (χ4n) is 5.81. The quantitative estimate of drug-likeness (QED) is 0.362. The zero-order valence-electron chi connectivity index (χ0n) is 21.9. The number of piperidine rings is 1. The van der Waals surface area contributed by atoms with Crippen LogP contribution in [0.25, 0.3) is 0 Å². The van der Waals surface area contributed by atoms with Gasteiger partial charge in [-0.25, -0.2) is 15.0 Å². The Hall–Kier alpha value is -2.83. The van der Waals surface area contributed by atoms with Crippen LogP contribution in [0, 0.1) is 0 Å². The van der Waals surface area contributed by atoms with Gasteiger partial charge in [0.25, 0.3) is 0 Å². The largest absolute Gasteiger partial charge is 0.394 e. The van der Waals surface area contributed by atoms with Crippen molar-refractivity contribution in [3.05, 3.63) is 47.2 Å². The van der Waals surface area contributed by atoms with E-state index in [-0.39, 0.29) is 18.6 Å². The summed E-state index contributed by atoms with van der Waals surface area (Å²) >= 11 is 6.67. The van der Waals surface area contributed by atoms with Crippen molar-refractivity contribution < 1.29 is 27.9 Å². The second kappa shape index (κ2) is 12.0. The Labute approximate surface area is 235 Å². The van der Waals surface area contributed by atoms with Crippen LogP contribution < -0.4 is 10.2 Å². The summed E-state index contributed by atoms with van der Waals surface area (Å²) in [5.74, 6) is -5.73. The van der Waals surface area contributed by atoms with Gasteiger partial charge in [-0.3, -0.25) is 14.5 Å². The number of carbonyl (C=O) groups is 2. The van der Waals surface area contributed by atoms with Crippen molar-refractivity contribution in [2.24, 2.45) is 0 Å². The van der Waals surface area contributed by atoms with Gasteiger partial charge < -0.3 is 15.3 Å². The minimum absolute atomic E-state index is 0.159. The summed E-state index contributed by atoms with van der Waals surface area (Å²) in [6.07, 6.45) is 6.81. The van der Waals surface area contributed by atoms with E-state index in [9.17, 15) is 27.9 Å². The van der Waals surface area contributed by atoms with Crippen LogP contribution in [0.2, 0.25) is 0 Å². The monoisotopic (exact) mass is 580 g/mol. The first-order valence-electron chi connectivity index (χ1n) is 13.6. The number of aromatic nitrogens is 3. The lowest BCUT2D eigenvalue weighted by atomic mass is 9.84. The Kier molecular flexibility index (Phi) is 8.58. The number of amides is 1. The number of likely N-dealkylation sites (tertiary alicyclic amines) is 1. The number of alkyl halides is 3. The number of aryl methyl sites for hydroxylation is 1. The normalized spacial score (nSPS) is 24.4. The lowest BCUT2D eigenvalue weighted by Crippen LogP contribution is -2.43. The van der Waals surface area contributed by atoms with Crippen molar-refractivity contribution in [2.45, 2.75) is 67.9 Å². The Morgan fingerprint density at radius 1 is 1.12 bits per heavy atom. The second-order valence-corrected chi connectivity index (χ2v) is 11.2. The number of aliphatic hydroxyl groups excluding tert-OH is 1. The van der Waals surface area contributed by atoms with Crippen molar-refractivity contribution in [3.63, 3.8) is 0 Å². The summed E-state index contributed by atoms with van der Waals surface area (Å²) in [5.41, 5.74) is 2.06. The van der Waals surface area contributed by atoms with E-state index in [0.29, 0.717) is 31.4 Å². The summed E-state index contributed by atoms with van der Waals surface area (Å²) in [7, 11) is 0. The summed E-state index contributed by atoms with van der Waals surface area (Å²) < 4.78 is 40.3. The average molecular weight is 581 g/mol. The van der Waals surface area contributed by atoms with Gasteiger partial charge >= 0.3 is 12.0 Å². The number of nitrogens with one attached hydrogen (secondary N) is 1. The highest BCUT2D eigenvalue weighted by atomic mass is 35.5. The van der Waals surface area contributed by atoms with Gasteiger partial charge in [0.1, 0.15) is 5.82 Å². The number of anilines is 1. The summed E-state index contributed by atoms with van der Waals surface area (Å²) in [5, 5.41) is 12.5. The van der Waals surface area contributed by atoms with Gasteiger partial charge in [-0.15, -0.1) is 11.6 Å². The molecule has 2 N–H and O–H groups in total. The lowest BCUT2D eigenvalue weighted by Gasteiger charge is -2.35. The molecule has 0 radical (unpaired) electrons. The molecule has 2 saturated heterocycles. The Balaban J connectivity index is 1.33. The van der Waals surface area contributed by atoms with E-state index >= 15 is 0 Å². The number of hydrogen-bond acceptors (Lipinski definition) is 8. The van der Waals surface area contributed by atoms with E-state index in [2.05, 4.69) is 20.2 Å². The van der Waals surface area contributed by atoms with Crippen LogP contribution in [-0.4, -0.2) is 81.1 Å². The molecule has 1 amide bonds. The molecule has 216 valence electrons. The molecule has 0 bridgehead atoms. The van der Waals surface area contributed by atoms with Crippen LogP contribution in [0.3, 0.4) is 0 Å². The summed E-state index contributed by atoms with van der Waals surface area (Å²) in [4.78, 5) is 40.3. The number of pyridine rings is 1. The Morgan fingerprint density at radius 2 is 1.85 bits per heavy atom. The fourth-order valence-corrected chi connectivity index (χ4v) is 6.17. The first-order valence-corrected chi connectivity index (χ1v) is 14.1. The van der Waals surface area contributed by atoms with Crippen molar-refractivity contribution in [1.29, 1.82) is 0 Å². The zero-order valence-corrected chi connectivity index (χ0v) is 22.7. The molecule has 2 aliphatic heterocycles. The zero-order chi connectivity index (χ0) is 28.4. The third-order valence-electron chi connectivity index (χ3n) is 8.00. The van der Waals surface area contributed by atoms with Crippen LogP contribution in [-0.2, 0) is 21.9 Å². The van der Waals surface area contributed by atoms with Crippen LogP contribution in [0.4, 0.5) is 19.0 Å². The molecular formula is C27H32ClF3N6O3. The SMILES string of the molecule is O=C(NCC(c1cnc(C(F)(F)C(=O)F)nc1)N1CCCCC1)C1c2ccc(N3CC[C@@H](O)C3)nc2CCC1Cl. The molecule has 2 fully saturated rings. The maximum Gasteiger partial charge on any atom is 0.394 e. The van der Waals surface area contributed by atoms with Crippen LogP contribution in [0.15, 0.2) is 24.5 Å². The number of β-amino-alcohol motifs (C(OH)–C–C–N with tert-alkyl or cyclic N) is 1. The minimum Gasteiger partial charge on any atom is -0.391 e. The lowest BCUT2D eigenvalue weighted by molar-refractivity contribution is -0.158. The number of nitrogens with zero attached hydrogens (tertiary/aromatic N) is 5. The number of aliphatic hydroxyl groups is 1. The number of carbonyl (C=O) groups excluding carboxylic acids is 2. The van der Waals surface area contributed by atoms with E-state index in [1.165, 1.54) is 0 Å². The van der Waals surface area contributed by atoms with Gasteiger partial charge in [0, 0.05) is 48.7 Å². The van der Waals surface area contributed by atoms with Gasteiger partial charge in [0.2, 0.25) is 11.7 Å². The van der Waals surface area contributed by atoms with E-state index < -0.39 is 35.1 Å². The van der Waals surface area contributed by atoms with Gasteiger partial charge in [-0.1, -0.05) is 12.5 Å². The molecule has 3 unspecified atom stereocenters. The van der Waals surface area contributed by atoms with Crippen molar-refractivity contribution >= 4 is 29.4 Å². The molecule has 4 heterocycles. The smallest absolute Gasteiger partial charge is 0.391 e. The Bertz CT molecular complexity index is 1230. The van der Waals surface area contributed by atoms with E-state index in [1.54, 1.807) is 0 Å². The Morgan fingerprint density at radius 3 is 2.50 bits per heavy atom. The maximum atomic E-state index is 13.8. The second-order valence-electron chi connectivity index (χ2n) is 10.7. The molecule has 2 aromatic heterocycles. The fraction of sp³-hybridized carbons (Fsp3) is 0.593. The summed E-state index contributed by atoms with van der Waals surface area (Å²) in [6.45, 7) is 2.89. The number of fused-ring (bicyclic) bond motifs is 1. The number of hydrogen-bond donors (Lipinski definition) is 2. The molecule has 0 saturated carbocycles. The minimum atomic E-state index is -4.42. The molecule has 4 atom stereocenters. The highest BCUT2D eigenvalue weighted by Gasteiger charge is 2.45. The highest BCUT2D eigenvalue weighted by molar-refractivity contribution is 6.23. The van der Waals surface area contributed by atoms with Crippen molar-refractivity contribution in [1.82, 2.24) is 25.2 Å². The van der Waals surface area contributed by atoms with Crippen LogP contribution >= 0.6 is 11.6 Å². The van der Waals surface area contributed by atoms with E-state index in [1.807, 2.05) is 17.0 Å². The van der Waals surface area contributed by atoms with E-state index in [4.69, 9.17) is 16.6 Å². The number of halogens is 4. The standard InChI is InChI=1S/C27H32ClF3N6O3/c28-19-5-6-20-18(4-7-22(35-20)37-11-8-17(38)15-37)23(19)24(39)32-14-21(36-9-2-1-3-10-36)16-12-33-26(34-13-16)27(30,31)25(29)40/h4,7,12-13,17,19,21,23,38H,1-3,5-6,8-11,14-15H2,(H,32,39)/t17-,19?,21?,23?/m1/s1. The third kappa shape index (κ3) is 5.94. The van der Waals surface area contributed by atoms with Crippen molar-refractivity contribution in [2.75, 3.05) is 37.6 Å². The first kappa shape index (κ1) is 28.7. The average Bonchev–Trinajstić information content (AvgIpc) is 3.39. The molecule has 0 aromatic carbocycles. The molecule has 0 spiro atoms. The van der Waals surface area contributed by atoms with Crippen LogP contribution in [0.5, 0.6) is 0 Å². The number of rotatable bonds is 8. The van der Waals surface area contributed by atoms with Gasteiger partial charge in [-0.05, 0) is 56.8 Å². The third-order valence-corrected chi connectivity index (χ3v) is 8.47. The van der Waals surface area contributed by atoms with Crippen LogP contribution in [0.1, 0.15) is 66.7 Å². The molecule has 3 aliphatic rings. The molecule has 13 heteroatoms. The molecule has 9 nitrogen and oxygen atoms in total. The molecule has 1 aliphatic carbocycles. The first-order chi connectivity index (χ1) is 19.1. The molecule has 5 rings (SSSR count). The van der Waals surface area contributed by atoms with Gasteiger partial charge in [-0.2, -0.15) is 13.2 Å². The highest BCUT2D eigenvalue weighted by Crippen LogP contribution is 2.36. The summed E-state index contributed by atoms with van der Waals surface area (Å²) in [6, 6.07) is 0.525. The maximum absolute atomic E-state index is 13.8. The van der Waals surface area contributed by atoms with Gasteiger partial charge in [0.15, 0.2) is 0 Å². The molecule has 40 heavy (non-hydrogen) atoms. The topological polar surface area (TPSA) is 112 Å². The van der Waals surface area contributed by atoms with E-state index in [0.717, 1.165) is 68.4 Å². The predicted molar refractivity (Wildman–Crippen MR) is 141 cm³/mol. The molecular weight excluding hydrogens is 549 g/mol. The van der Waals surface area contributed by atoms with Gasteiger partial charge in [0.05, 0.1) is 18.1 Å². The predicted octanol–water partition coefficient (Wildman–Crippen LogP) is 3.01.